The minimum atomic E-state index is -0.385. The van der Waals surface area contributed by atoms with Gasteiger partial charge in [-0.05, 0) is 6.42 Å². The van der Waals surface area contributed by atoms with Crippen molar-refractivity contribution in [1.82, 2.24) is 4.90 Å². The summed E-state index contributed by atoms with van der Waals surface area (Å²) in [5.41, 5.74) is 5.30. The van der Waals surface area contributed by atoms with Crippen LogP contribution in [0.2, 0.25) is 0 Å². The lowest BCUT2D eigenvalue weighted by Crippen LogP contribution is -2.38. The van der Waals surface area contributed by atoms with E-state index in [1.54, 1.807) is 0 Å². The normalized spacial score (nSPS) is 9.17. The number of rotatable bonds is 4. The molecule has 0 saturated heterocycles. The van der Waals surface area contributed by atoms with E-state index in [2.05, 4.69) is 17.0 Å². The van der Waals surface area contributed by atoms with Crippen LogP contribution >= 0.6 is 12.2 Å². The van der Waals surface area contributed by atoms with Crippen molar-refractivity contribution in [3.05, 3.63) is 0 Å². The fraction of sp³-hybridized carbons (Fsp3) is 0.714. The van der Waals surface area contributed by atoms with E-state index in [0.29, 0.717) is 11.5 Å². The standard InChI is InChI=1S/C7H14N2O2S/c1-3-4-9(5-6(8)12)7(10)11-2/h3-5H2,1-2H3,(H2,8,12). The van der Waals surface area contributed by atoms with Crippen molar-refractivity contribution in [2.24, 2.45) is 5.73 Å². The second-order valence-electron chi connectivity index (χ2n) is 2.36. The molecule has 5 heteroatoms. The van der Waals surface area contributed by atoms with Gasteiger partial charge in [-0.3, -0.25) is 0 Å². The summed E-state index contributed by atoms with van der Waals surface area (Å²) >= 11 is 4.68. The summed E-state index contributed by atoms with van der Waals surface area (Å²) < 4.78 is 4.54. The number of carbonyl (C=O) groups excluding carboxylic acids is 1. The topological polar surface area (TPSA) is 55.6 Å². The van der Waals surface area contributed by atoms with E-state index in [-0.39, 0.29) is 12.6 Å². The van der Waals surface area contributed by atoms with Crippen LogP contribution in [-0.2, 0) is 4.74 Å². The maximum Gasteiger partial charge on any atom is 0.409 e. The Morgan fingerprint density at radius 1 is 1.67 bits per heavy atom. The first-order valence-electron chi connectivity index (χ1n) is 3.73. The van der Waals surface area contributed by atoms with Crippen LogP contribution in [0.1, 0.15) is 13.3 Å². The Kier molecular flexibility index (Phi) is 5.36. The van der Waals surface area contributed by atoms with Crippen LogP contribution in [-0.4, -0.2) is 36.2 Å². The first-order chi connectivity index (χ1) is 5.61. The molecule has 70 valence electrons. The average molecular weight is 190 g/mol. The van der Waals surface area contributed by atoms with Gasteiger partial charge < -0.3 is 15.4 Å². The second kappa shape index (κ2) is 5.77. The van der Waals surface area contributed by atoms with Gasteiger partial charge in [0.05, 0.1) is 18.6 Å². The summed E-state index contributed by atoms with van der Waals surface area (Å²) in [6, 6.07) is 0. The molecule has 2 N–H and O–H groups in total. The second-order valence-corrected chi connectivity index (χ2v) is 2.88. The largest absolute Gasteiger partial charge is 0.453 e. The van der Waals surface area contributed by atoms with Gasteiger partial charge in [0.2, 0.25) is 0 Å². The van der Waals surface area contributed by atoms with E-state index in [1.807, 2.05) is 6.92 Å². The van der Waals surface area contributed by atoms with Crippen LogP contribution in [0.3, 0.4) is 0 Å². The predicted octanol–water partition coefficient (Wildman–Crippen LogP) is 0.751. The highest BCUT2D eigenvalue weighted by molar-refractivity contribution is 7.80. The number of carbonyl (C=O) groups is 1. The Labute approximate surface area is 77.7 Å². The minimum Gasteiger partial charge on any atom is -0.453 e. The van der Waals surface area contributed by atoms with E-state index in [1.165, 1.54) is 12.0 Å². The van der Waals surface area contributed by atoms with Crippen LogP contribution in [0.15, 0.2) is 0 Å². The van der Waals surface area contributed by atoms with E-state index in [0.717, 1.165) is 6.42 Å². The number of nitrogens with two attached hydrogens (primary N) is 1. The number of hydrogen-bond donors (Lipinski definition) is 1. The Morgan fingerprint density at radius 3 is 2.58 bits per heavy atom. The number of nitrogens with zero attached hydrogens (tertiary/aromatic N) is 1. The molecule has 0 aromatic heterocycles. The fourth-order valence-electron chi connectivity index (χ4n) is 0.822. The molecule has 0 aromatic rings. The highest BCUT2D eigenvalue weighted by Gasteiger charge is 2.12. The molecule has 0 aliphatic heterocycles. The third kappa shape index (κ3) is 4.12. The van der Waals surface area contributed by atoms with Gasteiger partial charge >= 0.3 is 6.09 Å². The molecule has 0 unspecified atom stereocenters. The molecule has 0 atom stereocenters. The first kappa shape index (κ1) is 11.2. The van der Waals surface area contributed by atoms with Crippen LogP contribution in [0, 0.1) is 0 Å². The average Bonchev–Trinajstić information content (AvgIpc) is 2.01. The smallest absolute Gasteiger partial charge is 0.409 e. The fourth-order valence-corrected chi connectivity index (χ4v) is 0.978. The Bertz CT molecular complexity index is 173. The van der Waals surface area contributed by atoms with Crippen LogP contribution in [0.25, 0.3) is 0 Å². The van der Waals surface area contributed by atoms with Crippen molar-refractivity contribution in [3.8, 4) is 0 Å². The molecule has 0 radical (unpaired) electrons. The van der Waals surface area contributed by atoms with E-state index in [9.17, 15) is 4.79 Å². The molecular weight excluding hydrogens is 176 g/mol. The molecule has 0 heterocycles. The number of thiocarbonyl (C=S) groups is 1. The summed E-state index contributed by atoms with van der Waals surface area (Å²) in [6.45, 7) is 2.87. The van der Waals surface area contributed by atoms with Crippen molar-refractivity contribution < 1.29 is 9.53 Å². The molecule has 0 aliphatic rings. The van der Waals surface area contributed by atoms with E-state index >= 15 is 0 Å². The Morgan fingerprint density at radius 2 is 2.25 bits per heavy atom. The number of amides is 1. The Balaban J connectivity index is 4.02. The van der Waals surface area contributed by atoms with Crippen molar-refractivity contribution in [2.45, 2.75) is 13.3 Å². The maximum absolute atomic E-state index is 11.0. The molecule has 0 aliphatic carbocycles. The lowest BCUT2D eigenvalue weighted by molar-refractivity contribution is 0.129. The molecule has 0 spiro atoms. The van der Waals surface area contributed by atoms with Crippen molar-refractivity contribution in [3.63, 3.8) is 0 Å². The predicted molar refractivity (Wildman–Crippen MR) is 51.1 cm³/mol. The minimum absolute atomic E-state index is 0.288. The van der Waals surface area contributed by atoms with Crippen molar-refractivity contribution in [2.75, 3.05) is 20.2 Å². The summed E-state index contributed by atoms with van der Waals surface area (Å²) in [6.07, 6.45) is 0.474. The first-order valence-corrected chi connectivity index (χ1v) is 4.13. The van der Waals surface area contributed by atoms with Gasteiger partial charge in [-0.15, -0.1) is 0 Å². The highest BCUT2D eigenvalue weighted by atomic mass is 32.1. The number of methoxy groups -OCH3 is 1. The number of hydrogen-bond acceptors (Lipinski definition) is 3. The van der Waals surface area contributed by atoms with Gasteiger partial charge in [-0.2, -0.15) is 0 Å². The molecule has 12 heavy (non-hydrogen) atoms. The molecule has 0 rings (SSSR count). The van der Waals surface area contributed by atoms with Crippen molar-refractivity contribution in [1.29, 1.82) is 0 Å². The number of ether oxygens (including phenoxy) is 1. The third-order valence-corrected chi connectivity index (χ3v) is 1.40. The lowest BCUT2D eigenvalue weighted by Gasteiger charge is -2.19. The molecular formula is C7H14N2O2S. The van der Waals surface area contributed by atoms with Gasteiger partial charge in [-0.25, -0.2) is 4.79 Å². The maximum atomic E-state index is 11.0. The molecule has 0 fully saturated rings. The molecule has 1 amide bonds. The SMILES string of the molecule is CCCN(CC(N)=S)C(=O)OC. The zero-order chi connectivity index (χ0) is 9.56. The monoisotopic (exact) mass is 190 g/mol. The van der Waals surface area contributed by atoms with Gasteiger partial charge in [0.15, 0.2) is 0 Å². The zero-order valence-electron chi connectivity index (χ0n) is 7.37. The van der Waals surface area contributed by atoms with Crippen LogP contribution < -0.4 is 5.73 Å². The van der Waals surface area contributed by atoms with Crippen LogP contribution in [0.5, 0.6) is 0 Å². The Hall–Kier alpha value is -0.840. The van der Waals surface area contributed by atoms with Gasteiger partial charge in [0, 0.05) is 6.54 Å². The van der Waals surface area contributed by atoms with Gasteiger partial charge in [-0.1, -0.05) is 19.1 Å². The van der Waals surface area contributed by atoms with Crippen LogP contribution in [0.4, 0.5) is 4.79 Å². The highest BCUT2D eigenvalue weighted by Crippen LogP contribution is 1.94. The van der Waals surface area contributed by atoms with Gasteiger partial charge in [0.25, 0.3) is 0 Å². The lowest BCUT2D eigenvalue weighted by atomic mass is 10.4. The summed E-state index contributed by atoms with van der Waals surface area (Å²) in [5, 5.41) is 0. The quantitative estimate of drug-likeness (QED) is 0.665. The summed E-state index contributed by atoms with van der Waals surface area (Å²) in [4.78, 5) is 12.8. The molecule has 0 aromatic carbocycles. The van der Waals surface area contributed by atoms with Gasteiger partial charge in [0.1, 0.15) is 0 Å². The van der Waals surface area contributed by atoms with E-state index < -0.39 is 0 Å². The third-order valence-electron chi connectivity index (χ3n) is 1.27. The van der Waals surface area contributed by atoms with Crippen molar-refractivity contribution >= 4 is 23.3 Å². The molecule has 0 saturated carbocycles. The summed E-state index contributed by atoms with van der Waals surface area (Å²) in [5.74, 6) is 0. The molecule has 0 bridgehead atoms. The zero-order valence-corrected chi connectivity index (χ0v) is 8.19. The molecule has 4 nitrogen and oxygen atoms in total. The summed E-state index contributed by atoms with van der Waals surface area (Å²) in [7, 11) is 1.34. The van der Waals surface area contributed by atoms with E-state index in [4.69, 9.17) is 5.73 Å².